The predicted octanol–water partition coefficient (Wildman–Crippen LogP) is 9.49. The van der Waals surface area contributed by atoms with E-state index in [1.54, 1.807) is 0 Å². The maximum absolute atomic E-state index is 5.24. The number of para-hydroxylation sites is 2. The van der Waals surface area contributed by atoms with Gasteiger partial charge in [0.2, 0.25) is 0 Å². The second-order valence-corrected chi connectivity index (χ2v) is 10.0. The van der Waals surface area contributed by atoms with E-state index < -0.39 is 0 Å². The average molecular weight is 510 g/mol. The Morgan fingerprint density at radius 1 is 0.400 bits per heavy atom. The van der Waals surface area contributed by atoms with Crippen molar-refractivity contribution < 1.29 is 0 Å². The molecule has 186 valence electrons. The smallest absolute Gasteiger partial charge is 0.162 e. The van der Waals surface area contributed by atoms with Crippen LogP contribution in [0, 0.1) is 0 Å². The molecule has 0 amide bonds. The van der Waals surface area contributed by atoms with E-state index >= 15 is 0 Å². The molecule has 6 aromatic carbocycles. The molecule has 3 nitrogen and oxygen atoms in total. The Morgan fingerprint density at radius 3 is 1.90 bits per heavy atom. The van der Waals surface area contributed by atoms with E-state index in [-0.39, 0.29) is 0 Å². The van der Waals surface area contributed by atoms with E-state index in [0.717, 1.165) is 38.6 Å². The number of rotatable bonds is 3. The molecule has 8 rings (SSSR count). The van der Waals surface area contributed by atoms with Crippen LogP contribution in [0.15, 0.2) is 140 Å². The highest BCUT2D eigenvalue weighted by molar-refractivity contribution is 6.16. The first-order chi connectivity index (χ1) is 19.8. The molecule has 0 fully saturated rings. The van der Waals surface area contributed by atoms with Gasteiger partial charge in [0.1, 0.15) is 0 Å². The lowest BCUT2D eigenvalue weighted by atomic mass is 9.92. The third-order valence-corrected chi connectivity index (χ3v) is 7.74. The number of hydrogen-bond acceptors (Lipinski definition) is 3. The van der Waals surface area contributed by atoms with Gasteiger partial charge in [-0.1, -0.05) is 115 Å². The van der Waals surface area contributed by atoms with Crippen molar-refractivity contribution in [2.24, 2.45) is 0 Å². The zero-order chi connectivity index (χ0) is 26.5. The molecule has 0 aliphatic rings. The predicted molar refractivity (Wildman–Crippen MR) is 166 cm³/mol. The van der Waals surface area contributed by atoms with E-state index in [2.05, 4.69) is 120 Å². The van der Waals surface area contributed by atoms with Crippen LogP contribution in [0.5, 0.6) is 0 Å². The van der Waals surface area contributed by atoms with Crippen LogP contribution >= 0.6 is 0 Å². The highest BCUT2D eigenvalue weighted by atomic mass is 14.9. The Bertz CT molecular complexity index is 2210. The zero-order valence-corrected chi connectivity index (χ0v) is 21.6. The number of fused-ring (bicyclic) bond motifs is 5. The highest BCUT2D eigenvalue weighted by Gasteiger charge is 2.16. The SMILES string of the molecule is c1ccc(-c2cccc3c2ccc2c(-c4nc(-c5cccc6cccnc56)nc5ccccc45)cccc23)cc1. The van der Waals surface area contributed by atoms with Crippen LogP contribution in [0.4, 0.5) is 0 Å². The van der Waals surface area contributed by atoms with Gasteiger partial charge in [-0.2, -0.15) is 0 Å². The van der Waals surface area contributed by atoms with Crippen LogP contribution in [-0.2, 0) is 0 Å². The lowest BCUT2D eigenvalue weighted by Crippen LogP contribution is -1.97. The molecule has 0 aliphatic heterocycles. The first-order valence-corrected chi connectivity index (χ1v) is 13.5. The summed E-state index contributed by atoms with van der Waals surface area (Å²) in [4.78, 5) is 14.9. The number of benzene rings is 6. The van der Waals surface area contributed by atoms with Gasteiger partial charge in [-0.3, -0.25) is 4.98 Å². The molecular weight excluding hydrogens is 486 g/mol. The van der Waals surface area contributed by atoms with Crippen molar-refractivity contribution in [3.8, 4) is 33.8 Å². The van der Waals surface area contributed by atoms with Gasteiger partial charge in [-0.25, -0.2) is 9.97 Å². The first kappa shape index (κ1) is 22.6. The molecule has 2 aromatic heterocycles. The Kier molecular flexibility index (Phi) is 5.14. The highest BCUT2D eigenvalue weighted by Crippen LogP contribution is 2.39. The van der Waals surface area contributed by atoms with Crippen molar-refractivity contribution in [2.45, 2.75) is 0 Å². The fraction of sp³-hybridized carbons (Fsp3) is 0. The molecule has 0 spiro atoms. The molecule has 0 unspecified atom stereocenters. The van der Waals surface area contributed by atoms with Gasteiger partial charge in [0.05, 0.1) is 16.7 Å². The van der Waals surface area contributed by atoms with E-state index in [9.17, 15) is 0 Å². The van der Waals surface area contributed by atoms with Crippen molar-refractivity contribution in [3.05, 3.63) is 140 Å². The van der Waals surface area contributed by atoms with Gasteiger partial charge in [0, 0.05) is 28.1 Å². The van der Waals surface area contributed by atoms with Crippen molar-refractivity contribution in [3.63, 3.8) is 0 Å². The summed E-state index contributed by atoms with van der Waals surface area (Å²) in [6.45, 7) is 0. The number of aromatic nitrogens is 3. The average Bonchev–Trinajstić information content (AvgIpc) is 3.03. The monoisotopic (exact) mass is 509 g/mol. The van der Waals surface area contributed by atoms with Gasteiger partial charge in [-0.05, 0) is 50.9 Å². The van der Waals surface area contributed by atoms with Crippen molar-refractivity contribution in [1.29, 1.82) is 0 Å². The van der Waals surface area contributed by atoms with E-state index in [1.807, 2.05) is 24.4 Å². The minimum atomic E-state index is 0.683. The van der Waals surface area contributed by atoms with Gasteiger partial charge in [0.25, 0.3) is 0 Å². The Hall–Kier alpha value is -5.41. The fourth-order valence-corrected chi connectivity index (χ4v) is 5.89. The number of hydrogen-bond donors (Lipinski definition) is 0. The van der Waals surface area contributed by atoms with Crippen molar-refractivity contribution in [1.82, 2.24) is 15.0 Å². The fourth-order valence-electron chi connectivity index (χ4n) is 5.89. The zero-order valence-electron chi connectivity index (χ0n) is 21.6. The number of pyridine rings is 1. The summed E-state index contributed by atoms with van der Waals surface area (Å²) in [6, 6.07) is 46.7. The molecule has 2 heterocycles. The molecule has 3 heteroatoms. The van der Waals surface area contributed by atoms with Crippen molar-refractivity contribution >= 4 is 43.4 Å². The third-order valence-electron chi connectivity index (χ3n) is 7.74. The molecule has 0 saturated heterocycles. The van der Waals surface area contributed by atoms with Gasteiger partial charge in [0.15, 0.2) is 5.82 Å². The number of nitrogens with zero attached hydrogens (tertiary/aromatic N) is 3. The van der Waals surface area contributed by atoms with E-state index in [0.29, 0.717) is 5.82 Å². The van der Waals surface area contributed by atoms with E-state index in [4.69, 9.17) is 9.97 Å². The minimum absolute atomic E-state index is 0.683. The Morgan fingerprint density at radius 2 is 1.05 bits per heavy atom. The van der Waals surface area contributed by atoms with E-state index in [1.165, 1.54) is 32.7 Å². The summed E-state index contributed by atoms with van der Waals surface area (Å²) < 4.78 is 0. The summed E-state index contributed by atoms with van der Waals surface area (Å²) >= 11 is 0. The van der Waals surface area contributed by atoms with Crippen LogP contribution in [-0.4, -0.2) is 15.0 Å². The van der Waals surface area contributed by atoms with Gasteiger partial charge < -0.3 is 0 Å². The molecule has 40 heavy (non-hydrogen) atoms. The van der Waals surface area contributed by atoms with Crippen LogP contribution in [0.1, 0.15) is 0 Å². The molecule has 0 radical (unpaired) electrons. The lowest BCUT2D eigenvalue weighted by Gasteiger charge is -2.14. The summed E-state index contributed by atoms with van der Waals surface area (Å²) in [6.07, 6.45) is 1.83. The maximum atomic E-state index is 5.24. The minimum Gasteiger partial charge on any atom is -0.255 e. The molecule has 0 N–H and O–H groups in total. The molecule has 0 aliphatic carbocycles. The van der Waals surface area contributed by atoms with Crippen LogP contribution < -0.4 is 0 Å². The van der Waals surface area contributed by atoms with Crippen LogP contribution in [0.25, 0.3) is 77.1 Å². The summed E-state index contributed by atoms with van der Waals surface area (Å²) in [5, 5.41) is 6.97. The molecular formula is C37H23N3. The topological polar surface area (TPSA) is 38.7 Å². The molecule has 8 aromatic rings. The molecule has 0 bridgehead atoms. The molecule has 0 saturated carbocycles. The maximum Gasteiger partial charge on any atom is 0.162 e. The Balaban J connectivity index is 1.41. The quantitative estimate of drug-likeness (QED) is 0.223. The standard InChI is InChI=1S/C37H23N3/c1-2-10-24(11-3-1)26-15-7-16-27-28-17-8-18-31(30(28)22-21-29(26)27)36-32-14-4-5-20-34(32)39-37(40-36)33-19-6-12-25-13-9-23-38-35(25)33/h1-23H. The summed E-state index contributed by atoms with van der Waals surface area (Å²) in [5.74, 6) is 0.683. The normalized spacial score (nSPS) is 11.5. The first-order valence-electron chi connectivity index (χ1n) is 13.5. The van der Waals surface area contributed by atoms with Crippen molar-refractivity contribution in [2.75, 3.05) is 0 Å². The molecule has 0 atom stereocenters. The largest absolute Gasteiger partial charge is 0.255 e. The lowest BCUT2D eigenvalue weighted by molar-refractivity contribution is 1.23. The summed E-state index contributed by atoms with van der Waals surface area (Å²) in [7, 11) is 0. The third kappa shape index (κ3) is 3.56. The van der Waals surface area contributed by atoms with Crippen LogP contribution in [0.2, 0.25) is 0 Å². The van der Waals surface area contributed by atoms with Gasteiger partial charge in [-0.15, -0.1) is 0 Å². The summed E-state index contributed by atoms with van der Waals surface area (Å²) in [5.41, 5.74) is 7.24. The van der Waals surface area contributed by atoms with Gasteiger partial charge >= 0.3 is 0 Å². The second kappa shape index (κ2) is 9.11. The second-order valence-electron chi connectivity index (χ2n) is 10.0. The van der Waals surface area contributed by atoms with Crippen LogP contribution in [0.3, 0.4) is 0 Å². The Labute approximate surface area is 231 Å².